The van der Waals surface area contributed by atoms with Crippen LogP contribution in [0, 0.1) is 11.3 Å². The molecule has 2 aromatic carbocycles. The van der Waals surface area contributed by atoms with Crippen molar-refractivity contribution >= 4 is 17.2 Å². The quantitative estimate of drug-likeness (QED) is 0.266. The molecule has 10 heteroatoms. The molecule has 0 fully saturated rings. The van der Waals surface area contributed by atoms with Crippen molar-refractivity contribution in [2.75, 3.05) is 5.43 Å². The van der Waals surface area contributed by atoms with Gasteiger partial charge in [-0.1, -0.05) is 45.0 Å². The molecule has 164 valence electrons. The molecule has 0 atom stereocenters. The summed E-state index contributed by atoms with van der Waals surface area (Å²) in [5.74, 6) is -0.835. The number of halogens is 6. The first-order chi connectivity index (χ1) is 14.1. The molecule has 0 saturated carbocycles. The number of Topliss-reactive ketones (excluding diaryl/α,β-unsaturated/α-hetero) is 1. The summed E-state index contributed by atoms with van der Waals surface area (Å²) in [5, 5.41) is 12.6. The average Bonchev–Trinajstić information content (AvgIpc) is 2.66. The van der Waals surface area contributed by atoms with Crippen LogP contribution in [0.5, 0.6) is 0 Å². The van der Waals surface area contributed by atoms with E-state index in [4.69, 9.17) is 0 Å². The lowest BCUT2D eigenvalue weighted by atomic mass is 9.86. The monoisotopic (exact) mass is 441 g/mol. The predicted octanol–water partition coefficient (Wildman–Crippen LogP) is 6.20. The highest BCUT2D eigenvalue weighted by molar-refractivity contribution is 6.51. The van der Waals surface area contributed by atoms with Crippen molar-refractivity contribution in [2.24, 2.45) is 5.10 Å². The predicted molar refractivity (Wildman–Crippen MR) is 103 cm³/mol. The van der Waals surface area contributed by atoms with E-state index in [0.29, 0.717) is 12.1 Å². The third kappa shape index (κ3) is 6.07. The number of rotatable bonds is 4. The first-order valence-corrected chi connectivity index (χ1v) is 8.81. The Morgan fingerprint density at radius 3 is 1.74 bits per heavy atom. The highest BCUT2D eigenvalue weighted by atomic mass is 19.4. The van der Waals surface area contributed by atoms with Crippen molar-refractivity contribution in [2.45, 2.75) is 38.5 Å². The maximum absolute atomic E-state index is 12.9. The van der Waals surface area contributed by atoms with Crippen molar-refractivity contribution in [1.29, 1.82) is 5.26 Å². The van der Waals surface area contributed by atoms with E-state index in [-0.39, 0.29) is 17.0 Å². The third-order valence-corrected chi connectivity index (χ3v) is 4.22. The maximum Gasteiger partial charge on any atom is 0.416 e. The van der Waals surface area contributed by atoms with Crippen LogP contribution in [0.1, 0.15) is 47.8 Å². The number of nitrogens with zero attached hydrogens (tertiary/aromatic N) is 2. The first-order valence-electron chi connectivity index (χ1n) is 8.81. The Hall–Kier alpha value is -3.35. The molecule has 0 bridgehead atoms. The summed E-state index contributed by atoms with van der Waals surface area (Å²) in [5.41, 5.74) is -1.73. The molecule has 0 aliphatic carbocycles. The van der Waals surface area contributed by atoms with Crippen LogP contribution >= 0.6 is 0 Å². The number of alkyl halides is 6. The highest BCUT2D eigenvalue weighted by Gasteiger charge is 2.37. The fourth-order valence-electron chi connectivity index (χ4n) is 2.52. The number of anilines is 1. The van der Waals surface area contributed by atoms with Crippen molar-refractivity contribution in [3.63, 3.8) is 0 Å². The molecule has 2 aromatic rings. The van der Waals surface area contributed by atoms with Gasteiger partial charge < -0.3 is 0 Å². The number of carbonyl (C=O) groups excluding carboxylic acids is 1. The molecular formula is C21H17F6N3O. The summed E-state index contributed by atoms with van der Waals surface area (Å²) in [6.07, 6.45) is -10.1. The number of nitriles is 1. The van der Waals surface area contributed by atoms with Gasteiger partial charge in [0.2, 0.25) is 11.5 Å². The highest BCUT2D eigenvalue weighted by Crippen LogP contribution is 2.37. The average molecular weight is 441 g/mol. The van der Waals surface area contributed by atoms with Gasteiger partial charge in [0.05, 0.1) is 16.8 Å². The molecule has 0 aliphatic heterocycles. The van der Waals surface area contributed by atoms with Gasteiger partial charge in [-0.2, -0.15) is 36.7 Å². The molecule has 0 heterocycles. The second-order valence-corrected chi connectivity index (χ2v) is 7.64. The minimum atomic E-state index is -5.04. The zero-order valence-electron chi connectivity index (χ0n) is 16.6. The molecular weight excluding hydrogens is 424 g/mol. The van der Waals surface area contributed by atoms with Crippen molar-refractivity contribution in [3.05, 3.63) is 64.7 Å². The summed E-state index contributed by atoms with van der Waals surface area (Å²) < 4.78 is 77.6. The summed E-state index contributed by atoms with van der Waals surface area (Å²) in [4.78, 5) is 12.5. The smallest absolute Gasteiger partial charge is 0.286 e. The van der Waals surface area contributed by atoms with Gasteiger partial charge in [0.15, 0.2) is 0 Å². The number of hydrogen-bond acceptors (Lipinski definition) is 4. The van der Waals surface area contributed by atoms with Crippen LogP contribution in [0.25, 0.3) is 0 Å². The second-order valence-electron chi connectivity index (χ2n) is 7.64. The van der Waals surface area contributed by atoms with Crippen molar-refractivity contribution in [3.8, 4) is 6.07 Å². The van der Waals surface area contributed by atoms with Crippen LogP contribution in [0.3, 0.4) is 0 Å². The van der Waals surface area contributed by atoms with E-state index >= 15 is 0 Å². The molecule has 0 amide bonds. The first kappa shape index (κ1) is 23.9. The molecule has 0 aromatic heterocycles. The molecule has 0 radical (unpaired) electrons. The van der Waals surface area contributed by atoms with E-state index in [1.165, 1.54) is 18.2 Å². The van der Waals surface area contributed by atoms with Gasteiger partial charge in [-0.3, -0.25) is 10.2 Å². The zero-order valence-corrected chi connectivity index (χ0v) is 16.6. The Bertz CT molecular complexity index is 1010. The van der Waals surface area contributed by atoms with E-state index in [1.54, 1.807) is 12.1 Å². The zero-order chi connectivity index (χ0) is 23.6. The van der Waals surface area contributed by atoms with E-state index in [1.807, 2.05) is 26.2 Å². The molecule has 0 spiro atoms. The number of hydrogen-bond donors (Lipinski definition) is 1. The summed E-state index contributed by atoms with van der Waals surface area (Å²) >= 11 is 0. The van der Waals surface area contributed by atoms with E-state index < -0.39 is 40.7 Å². The summed E-state index contributed by atoms with van der Waals surface area (Å²) in [7, 11) is 0. The van der Waals surface area contributed by atoms with E-state index in [0.717, 1.165) is 5.56 Å². The van der Waals surface area contributed by atoms with E-state index in [2.05, 4.69) is 5.10 Å². The molecule has 2 rings (SSSR count). The topological polar surface area (TPSA) is 65.2 Å². The van der Waals surface area contributed by atoms with Crippen LogP contribution in [0.15, 0.2) is 47.6 Å². The van der Waals surface area contributed by atoms with Crippen LogP contribution < -0.4 is 5.43 Å². The largest absolute Gasteiger partial charge is 0.416 e. The Kier molecular flexibility index (Phi) is 6.49. The van der Waals surface area contributed by atoms with Gasteiger partial charge in [0.1, 0.15) is 6.07 Å². The lowest BCUT2D eigenvalue weighted by molar-refractivity contribution is -0.143. The van der Waals surface area contributed by atoms with Crippen molar-refractivity contribution < 1.29 is 31.1 Å². The molecule has 4 nitrogen and oxygen atoms in total. The molecule has 0 saturated heterocycles. The van der Waals surface area contributed by atoms with Gasteiger partial charge in [0.25, 0.3) is 0 Å². The fourth-order valence-corrected chi connectivity index (χ4v) is 2.52. The second kappa shape index (κ2) is 8.41. The third-order valence-electron chi connectivity index (χ3n) is 4.22. The van der Waals surface area contributed by atoms with Crippen LogP contribution in [-0.2, 0) is 17.8 Å². The van der Waals surface area contributed by atoms with Crippen LogP contribution in [-0.4, -0.2) is 11.5 Å². The van der Waals surface area contributed by atoms with Gasteiger partial charge >= 0.3 is 12.4 Å². The lowest BCUT2D eigenvalue weighted by Gasteiger charge is -2.18. The number of ketones is 1. The normalized spacial score (nSPS) is 13.0. The number of nitrogens with one attached hydrogen (secondary N) is 1. The van der Waals surface area contributed by atoms with Gasteiger partial charge in [-0.05, 0) is 29.2 Å². The Balaban J connectivity index is 2.36. The summed E-state index contributed by atoms with van der Waals surface area (Å²) in [6, 6.07) is 8.53. The van der Waals surface area contributed by atoms with Crippen molar-refractivity contribution in [1.82, 2.24) is 0 Å². The number of benzene rings is 2. The van der Waals surface area contributed by atoms with Crippen LogP contribution in [0.2, 0.25) is 0 Å². The number of carbonyl (C=O) groups is 1. The SMILES string of the molecule is CC(C)(C)c1ccc(C(=O)/C(C#N)=N/Nc2cc(C(F)(F)F)cc(C(F)(F)F)c2)cc1. The number of hydrazone groups is 1. The lowest BCUT2D eigenvalue weighted by Crippen LogP contribution is -2.16. The minimum Gasteiger partial charge on any atom is -0.286 e. The van der Waals surface area contributed by atoms with Crippen LogP contribution in [0.4, 0.5) is 32.0 Å². The standard InChI is InChI=1S/C21H17F6N3O/c1-19(2,3)13-6-4-12(5-7-13)18(31)17(11-28)30-29-16-9-14(20(22,23)24)8-15(10-16)21(25,26)27/h4-10,29H,1-3H3/b30-17+. The van der Waals surface area contributed by atoms with Gasteiger partial charge in [0, 0.05) is 5.56 Å². The Morgan fingerprint density at radius 2 is 1.35 bits per heavy atom. The van der Waals surface area contributed by atoms with Gasteiger partial charge in [-0.15, -0.1) is 0 Å². The van der Waals surface area contributed by atoms with E-state index in [9.17, 15) is 36.4 Å². The van der Waals surface area contributed by atoms with Gasteiger partial charge in [-0.25, -0.2) is 0 Å². The maximum atomic E-state index is 12.9. The molecule has 1 N–H and O–H groups in total. The summed E-state index contributed by atoms with van der Waals surface area (Å²) in [6.45, 7) is 5.88. The molecule has 0 aliphatic rings. The molecule has 31 heavy (non-hydrogen) atoms. The molecule has 0 unspecified atom stereocenters. The Labute approximate surface area is 174 Å². The Morgan fingerprint density at radius 1 is 0.871 bits per heavy atom. The minimum absolute atomic E-state index is 0.0397. The fraction of sp³-hybridized carbons (Fsp3) is 0.286.